The van der Waals surface area contributed by atoms with E-state index >= 15 is 0 Å². The molecule has 0 radical (unpaired) electrons. The largest absolute Gasteiger partial charge is 0.341 e. The molecule has 24 heavy (non-hydrogen) atoms. The van der Waals surface area contributed by atoms with E-state index < -0.39 is 0 Å². The number of imidazole rings is 1. The molecule has 4 heterocycles. The Balaban J connectivity index is 1.39. The second-order valence-electron chi connectivity index (χ2n) is 6.37. The van der Waals surface area contributed by atoms with E-state index in [1.54, 1.807) is 17.5 Å². The molecular formula is C17H20N6S. The molecule has 7 heteroatoms. The first kappa shape index (κ1) is 15.4. The average Bonchev–Trinajstić information content (AvgIpc) is 3.31. The van der Waals surface area contributed by atoms with Gasteiger partial charge in [-0.2, -0.15) is 0 Å². The van der Waals surface area contributed by atoms with Crippen LogP contribution in [0.5, 0.6) is 0 Å². The van der Waals surface area contributed by atoms with Gasteiger partial charge in [-0.05, 0) is 32.2 Å². The molecule has 0 amide bonds. The molecule has 0 saturated carbocycles. The van der Waals surface area contributed by atoms with Gasteiger partial charge >= 0.3 is 0 Å². The first-order chi connectivity index (χ1) is 11.8. The predicted molar refractivity (Wildman–Crippen MR) is 93.6 cm³/mol. The number of nitrogens with zero attached hydrogens (tertiary/aromatic N) is 5. The molecule has 1 N–H and O–H groups in total. The van der Waals surface area contributed by atoms with E-state index in [1.165, 1.54) is 11.3 Å². The van der Waals surface area contributed by atoms with Gasteiger partial charge in [0.15, 0.2) is 5.82 Å². The van der Waals surface area contributed by atoms with Gasteiger partial charge < -0.3 is 4.98 Å². The summed E-state index contributed by atoms with van der Waals surface area (Å²) in [7, 11) is 0. The fourth-order valence-corrected chi connectivity index (χ4v) is 3.86. The van der Waals surface area contributed by atoms with Crippen LogP contribution in [-0.4, -0.2) is 42.9 Å². The van der Waals surface area contributed by atoms with Crippen LogP contribution in [0.2, 0.25) is 0 Å². The van der Waals surface area contributed by atoms with Gasteiger partial charge in [0.1, 0.15) is 5.69 Å². The van der Waals surface area contributed by atoms with Gasteiger partial charge in [-0.15, -0.1) is 11.3 Å². The molecule has 1 saturated heterocycles. The van der Waals surface area contributed by atoms with Gasteiger partial charge in [0, 0.05) is 42.3 Å². The maximum Gasteiger partial charge on any atom is 0.157 e. The summed E-state index contributed by atoms with van der Waals surface area (Å²) in [6.45, 7) is 5.26. The van der Waals surface area contributed by atoms with E-state index in [0.717, 1.165) is 49.0 Å². The summed E-state index contributed by atoms with van der Waals surface area (Å²) in [5.41, 5.74) is 4.80. The van der Waals surface area contributed by atoms with Crippen molar-refractivity contribution < 1.29 is 0 Å². The van der Waals surface area contributed by atoms with Crippen molar-refractivity contribution in [3.05, 3.63) is 46.6 Å². The Labute approximate surface area is 145 Å². The molecule has 1 aliphatic rings. The van der Waals surface area contributed by atoms with Crippen LogP contribution >= 0.6 is 11.3 Å². The van der Waals surface area contributed by atoms with Crippen molar-refractivity contribution in [3.63, 3.8) is 0 Å². The minimum absolute atomic E-state index is 0.640. The maximum absolute atomic E-state index is 4.74. The molecule has 0 bridgehead atoms. The Kier molecular flexibility index (Phi) is 4.36. The number of aromatic amines is 1. The highest BCUT2D eigenvalue weighted by molar-refractivity contribution is 7.09. The summed E-state index contributed by atoms with van der Waals surface area (Å²) in [6.07, 6.45) is 9.62. The van der Waals surface area contributed by atoms with Crippen molar-refractivity contribution in [2.75, 3.05) is 13.1 Å². The summed E-state index contributed by atoms with van der Waals surface area (Å²) >= 11 is 1.73. The van der Waals surface area contributed by atoms with Gasteiger partial charge in [0.2, 0.25) is 0 Å². The number of nitrogens with one attached hydrogen (secondary N) is 1. The fraction of sp³-hybridized carbons (Fsp3) is 0.412. The lowest BCUT2D eigenvalue weighted by atomic mass is 10.0. The predicted octanol–water partition coefficient (Wildman–Crippen LogP) is 2.70. The number of aryl methyl sites for hydroxylation is 1. The van der Waals surface area contributed by atoms with E-state index in [4.69, 9.17) is 4.98 Å². The van der Waals surface area contributed by atoms with Crippen LogP contribution < -0.4 is 0 Å². The highest BCUT2D eigenvalue weighted by Gasteiger charge is 2.23. The molecular weight excluding hydrogens is 320 g/mol. The van der Waals surface area contributed by atoms with Gasteiger partial charge in [-0.25, -0.2) is 9.97 Å². The molecule has 0 aromatic carbocycles. The topological polar surface area (TPSA) is 70.6 Å². The molecule has 4 rings (SSSR count). The Morgan fingerprint density at radius 2 is 2.21 bits per heavy atom. The molecule has 0 aliphatic carbocycles. The molecule has 3 aromatic heterocycles. The van der Waals surface area contributed by atoms with Gasteiger partial charge in [0.25, 0.3) is 0 Å². The van der Waals surface area contributed by atoms with Crippen molar-refractivity contribution in [2.45, 2.75) is 26.3 Å². The molecule has 1 aliphatic heterocycles. The number of rotatable bonds is 5. The van der Waals surface area contributed by atoms with E-state index in [9.17, 15) is 0 Å². The zero-order chi connectivity index (χ0) is 16.4. The molecule has 1 atom stereocenters. The fourth-order valence-electron chi connectivity index (χ4n) is 3.22. The van der Waals surface area contributed by atoms with Crippen LogP contribution in [0.15, 0.2) is 30.3 Å². The van der Waals surface area contributed by atoms with E-state index in [2.05, 4.69) is 24.8 Å². The van der Waals surface area contributed by atoms with E-state index in [1.807, 2.05) is 31.0 Å². The number of thiazole rings is 1. The minimum Gasteiger partial charge on any atom is -0.341 e. The Morgan fingerprint density at radius 1 is 1.25 bits per heavy atom. The zero-order valence-corrected chi connectivity index (χ0v) is 14.5. The Bertz CT molecular complexity index is 797. The van der Waals surface area contributed by atoms with Crippen molar-refractivity contribution >= 4 is 11.3 Å². The SMILES string of the molecule is Cc1cnc(-c2cncc(C[C@@H]3CCN(Cc4cncs4)C3)n2)[nH]1. The third kappa shape index (κ3) is 3.52. The average molecular weight is 340 g/mol. The van der Waals surface area contributed by atoms with E-state index in [-0.39, 0.29) is 0 Å². The monoisotopic (exact) mass is 340 g/mol. The number of aromatic nitrogens is 5. The normalized spacial score (nSPS) is 18.3. The lowest BCUT2D eigenvalue weighted by molar-refractivity contribution is 0.318. The first-order valence-electron chi connectivity index (χ1n) is 8.19. The van der Waals surface area contributed by atoms with Crippen molar-refractivity contribution in [2.24, 2.45) is 5.92 Å². The maximum atomic E-state index is 4.74. The number of H-pyrrole nitrogens is 1. The standard InChI is InChI=1S/C17H20N6S/c1-12-5-20-17(21-12)16-8-18-6-14(22-16)4-13-2-3-23(9-13)10-15-7-19-11-24-15/h5-8,11,13H,2-4,9-10H2,1H3,(H,20,21)/t13-/m0/s1. The van der Waals surface area contributed by atoms with E-state index in [0.29, 0.717) is 5.92 Å². The molecule has 1 fully saturated rings. The Hall–Kier alpha value is -2.12. The summed E-state index contributed by atoms with van der Waals surface area (Å²) < 4.78 is 0. The van der Waals surface area contributed by atoms with Crippen LogP contribution in [0, 0.1) is 12.8 Å². The second-order valence-corrected chi connectivity index (χ2v) is 7.34. The molecule has 0 spiro atoms. The minimum atomic E-state index is 0.640. The summed E-state index contributed by atoms with van der Waals surface area (Å²) in [5.74, 6) is 1.43. The lowest BCUT2D eigenvalue weighted by Crippen LogP contribution is -2.20. The van der Waals surface area contributed by atoms with Crippen LogP contribution in [0.1, 0.15) is 22.7 Å². The van der Waals surface area contributed by atoms with Gasteiger partial charge in [-0.1, -0.05) is 0 Å². The zero-order valence-electron chi connectivity index (χ0n) is 13.6. The summed E-state index contributed by atoms with van der Waals surface area (Å²) in [5, 5.41) is 0. The summed E-state index contributed by atoms with van der Waals surface area (Å²) in [6, 6.07) is 0. The lowest BCUT2D eigenvalue weighted by Gasteiger charge is -2.14. The van der Waals surface area contributed by atoms with Crippen molar-refractivity contribution in [1.29, 1.82) is 0 Å². The summed E-state index contributed by atoms with van der Waals surface area (Å²) in [4.78, 5) is 24.6. The van der Waals surface area contributed by atoms with Crippen molar-refractivity contribution in [3.8, 4) is 11.5 Å². The number of hydrogen-bond acceptors (Lipinski definition) is 6. The van der Waals surface area contributed by atoms with Crippen LogP contribution in [0.25, 0.3) is 11.5 Å². The van der Waals surface area contributed by atoms with Crippen LogP contribution in [0.3, 0.4) is 0 Å². The number of likely N-dealkylation sites (tertiary alicyclic amines) is 1. The Morgan fingerprint density at radius 3 is 3.00 bits per heavy atom. The molecule has 6 nitrogen and oxygen atoms in total. The van der Waals surface area contributed by atoms with Gasteiger partial charge in [0.05, 0.1) is 17.4 Å². The van der Waals surface area contributed by atoms with Crippen LogP contribution in [0.4, 0.5) is 0 Å². The van der Waals surface area contributed by atoms with Crippen LogP contribution in [-0.2, 0) is 13.0 Å². The molecule has 124 valence electrons. The molecule has 3 aromatic rings. The third-order valence-corrected chi connectivity index (χ3v) is 5.13. The highest BCUT2D eigenvalue weighted by Crippen LogP contribution is 2.23. The number of hydrogen-bond donors (Lipinski definition) is 1. The highest BCUT2D eigenvalue weighted by atomic mass is 32.1. The third-order valence-electron chi connectivity index (χ3n) is 4.36. The molecule has 0 unspecified atom stereocenters. The van der Waals surface area contributed by atoms with Gasteiger partial charge in [-0.3, -0.25) is 14.9 Å². The van der Waals surface area contributed by atoms with Crippen molar-refractivity contribution in [1.82, 2.24) is 29.8 Å². The smallest absolute Gasteiger partial charge is 0.157 e. The quantitative estimate of drug-likeness (QED) is 0.773. The first-order valence-corrected chi connectivity index (χ1v) is 9.07. The second kappa shape index (κ2) is 6.78.